The van der Waals surface area contributed by atoms with Crippen molar-refractivity contribution in [2.24, 2.45) is 35.5 Å². The Morgan fingerprint density at radius 2 is 1.64 bits per heavy atom. The number of hydrogen-bond donors (Lipinski definition) is 0. The van der Waals surface area contributed by atoms with Gasteiger partial charge in [-0.25, -0.2) is 0 Å². The van der Waals surface area contributed by atoms with Crippen molar-refractivity contribution in [1.82, 2.24) is 0 Å². The predicted molar refractivity (Wildman–Crippen MR) is 64.2 cm³/mol. The lowest BCUT2D eigenvalue weighted by molar-refractivity contribution is 0.235. The molecule has 6 unspecified atom stereocenters. The van der Waals surface area contributed by atoms with E-state index in [-0.39, 0.29) is 0 Å². The molecule has 6 atom stereocenters. The first-order valence-corrected chi connectivity index (χ1v) is 6.54. The van der Waals surface area contributed by atoms with Gasteiger partial charge >= 0.3 is 0 Å². The van der Waals surface area contributed by atoms with Gasteiger partial charge in [-0.1, -0.05) is 54.4 Å². The molecule has 0 aromatic carbocycles. The summed E-state index contributed by atoms with van der Waals surface area (Å²) in [5, 5.41) is 0. The first-order chi connectivity index (χ1) is 6.54. The van der Waals surface area contributed by atoms with Gasteiger partial charge in [0, 0.05) is 0 Å². The molecule has 1 saturated carbocycles. The van der Waals surface area contributed by atoms with Crippen LogP contribution in [0, 0.1) is 35.5 Å². The largest absolute Gasteiger partial charge is 0.0651 e. The van der Waals surface area contributed by atoms with Crippen molar-refractivity contribution >= 4 is 0 Å². The summed E-state index contributed by atoms with van der Waals surface area (Å²) in [5.41, 5.74) is 0. The van der Waals surface area contributed by atoms with Gasteiger partial charge in [0.05, 0.1) is 0 Å². The summed E-state index contributed by atoms with van der Waals surface area (Å²) in [6, 6.07) is 0. The molecule has 84 valence electrons. The van der Waals surface area contributed by atoms with Crippen molar-refractivity contribution < 1.29 is 0 Å². The minimum absolute atomic E-state index is 0.898. The zero-order valence-electron chi connectivity index (χ0n) is 10.9. The van der Waals surface area contributed by atoms with Gasteiger partial charge in [0.15, 0.2) is 0 Å². The first-order valence-electron chi connectivity index (χ1n) is 6.54. The molecule has 0 saturated heterocycles. The Hall–Kier alpha value is 0. The van der Waals surface area contributed by atoms with Crippen LogP contribution in [0.3, 0.4) is 0 Å². The Labute approximate surface area is 90.5 Å². The van der Waals surface area contributed by atoms with Crippen LogP contribution in [-0.4, -0.2) is 0 Å². The summed E-state index contributed by atoms with van der Waals surface area (Å²) in [4.78, 5) is 0. The third-order valence-corrected chi connectivity index (χ3v) is 5.09. The third kappa shape index (κ3) is 2.15. The van der Waals surface area contributed by atoms with Crippen LogP contribution in [0.1, 0.15) is 54.4 Å². The minimum Gasteiger partial charge on any atom is -0.0651 e. The number of rotatable bonds is 5. The molecular formula is C14H28. The van der Waals surface area contributed by atoms with E-state index >= 15 is 0 Å². The van der Waals surface area contributed by atoms with E-state index in [9.17, 15) is 0 Å². The van der Waals surface area contributed by atoms with E-state index in [2.05, 4.69) is 41.5 Å². The second-order valence-electron chi connectivity index (χ2n) is 5.61. The van der Waals surface area contributed by atoms with Crippen LogP contribution < -0.4 is 0 Å². The lowest BCUT2D eigenvalue weighted by Gasteiger charge is -2.26. The molecule has 0 amide bonds. The lowest BCUT2D eigenvalue weighted by Crippen LogP contribution is -2.18. The summed E-state index contributed by atoms with van der Waals surface area (Å²) in [5.74, 6) is 5.81. The van der Waals surface area contributed by atoms with Gasteiger partial charge in [0.25, 0.3) is 0 Å². The maximum Gasteiger partial charge on any atom is -0.0326 e. The molecule has 0 aliphatic heterocycles. The van der Waals surface area contributed by atoms with Crippen LogP contribution in [0.25, 0.3) is 0 Å². The van der Waals surface area contributed by atoms with E-state index in [1.54, 1.807) is 0 Å². The van der Waals surface area contributed by atoms with Crippen LogP contribution in [0.2, 0.25) is 0 Å². The van der Waals surface area contributed by atoms with E-state index in [4.69, 9.17) is 0 Å². The molecule has 1 aliphatic rings. The second kappa shape index (κ2) is 4.68. The molecule has 0 bridgehead atoms. The van der Waals surface area contributed by atoms with Crippen molar-refractivity contribution in [2.75, 3.05) is 0 Å². The monoisotopic (exact) mass is 196 g/mol. The quantitative estimate of drug-likeness (QED) is 0.603. The molecule has 0 radical (unpaired) electrons. The molecule has 0 heterocycles. The molecule has 1 aliphatic carbocycles. The van der Waals surface area contributed by atoms with E-state index in [0.29, 0.717) is 0 Å². The fourth-order valence-electron chi connectivity index (χ4n) is 3.33. The highest BCUT2D eigenvalue weighted by molar-refractivity contribution is 4.97. The van der Waals surface area contributed by atoms with E-state index in [0.717, 1.165) is 35.5 Å². The number of hydrogen-bond acceptors (Lipinski definition) is 0. The van der Waals surface area contributed by atoms with Crippen LogP contribution in [0.4, 0.5) is 0 Å². The van der Waals surface area contributed by atoms with Gasteiger partial charge < -0.3 is 0 Å². The molecule has 0 spiro atoms. The smallest absolute Gasteiger partial charge is 0.0326 e. The van der Waals surface area contributed by atoms with Gasteiger partial charge in [-0.15, -0.1) is 0 Å². The highest BCUT2D eigenvalue weighted by Crippen LogP contribution is 2.55. The fraction of sp³-hybridized carbons (Fsp3) is 1.00. The van der Waals surface area contributed by atoms with Gasteiger partial charge in [0.1, 0.15) is 0 Å². The van der Waals surface area contributed by atoms with Gasteiger partial charge in [0.2, 0.25) is 0 Å². The maximum absolute atomic E-state index is 2.48. The van der Waals surface area contributed by atoms with Crippen LogP contribution in [0.5, 0.6) is 0 Å². The zero-order chi connectivity index (χ0) is 10.9. The van der Waals surface area contributed by atoms with E-state index in [1.165, 1.54) is 12.8 Å². The van der Waals surface area contributed by atoms with Gasteiger partial charge in [-0.05, 0) is 35.5 Å². The molecule has 0 aromatic heterocycles. The van der Waals surface area contributed by atoms with Crippen molar-refractivity contribution in [3.05, 3.63) is 0 Å². The second-order valence-corrected chi connectivity index (χ2v) is 5.61. The van der Waals surface area contributed by atoms with Crippen molar-refractivity contribution in [3.8, 4) is 0 Å². The third-order valence-electron chi connectivity index (χ3n) is 5.09. The van der Waals surface area contributed by atoms with Gasteiger partial charge in [-0.3, -0.25) is 0 Å². The molecule has 1 rings (SSSR count). The van der Waals surface area contributed by atoms with Crippen LogP contribution in [0.15, 0.2) is 0 Å². The predicted octanol–water partition coefficient (Wildman–Crippen LogP) is 4.60. The summed E-state index contributed by atoms with van der Waals surface area (Å²) in [6.07, 6.45) is 2.73. The Morgan fingerprint density at radius 1 is 1.07 bits per heavy atom. The Balaban J connectivity index is 2.46. The zero-order valence-corrected chi connectivity index (χ0v) is 10.9. The average Bonchev–Trinajstić information content (AvgIpc) is 2.85. The first kappa shape index (κ1) is 12.1. The molecule has 1 fully saturated rings. The van der Waals surface area contributed by atoms with E-state index < -0.39 is 0 Å². The standard InChI is InChI=1S/C14H28/c1-7-9(3)10(4)11(5)14-12(6)13(14)8-2/h9-14H,7-8H2,1-6H3. The maximum atomic E-state index is 2.48. The minimum atomic E-state index is 0.898. The van der Waals surface area contributed by atoms with Crippen LogP contribution >= 0.6 is 0 Å². The Bertz CT molecular complexity index is 165. The van der Waals surface area contributed by atoms with E-state index in [1.807, 2.05) is 0 Å². The summed E-state index contributed by atoms with van der Waals surface area (Å²) in [6.45, 7) is 14.5. The molecule has 0 aromatic rings. The van der Waals surface area contributed by atoms with Crippen LogP contribution in [-0.2, 0) is 0 Å². The molecule has 14 heavy (non-hydrogen) atoms. The fourth-order valence-corrected chi connectivity index (χ4v) is 3.33. The molecular weight excluding hydrogens is 168 g/mol. The Kier molecular flexibility index (Phi) is 4.04. The SMILES string of the molecule is CCC(C)C(C)C(C)C1C(C)C1CC. The highest BCUT2D eigenvalue weighted by Gasteiger charge is 2.49. The van der Waals surface area contributed by atoms with Crippen molar-refractivity contribution in [2.45, 2.75) is 54.4 Å². The normalized spacial score (nSPS) is 37.7. The Morgan fingerprint density at radius 3 is 2.00 bits per heavy atom. The highest BCUT2D eigenvalue weighted by atomic mass is 14.5. The summed E-state index contributed by atoms with van der Waals surface area (Å²) < 4.78 is 0. The molecule has 0 N–H and O–H groups in total. The average molecular weight is 196 g/mol. The topological polar surface area (TPSA) is 0 Å². The lowest BCUT2D eigenvalue weighted by atomic mass is 9.80. The molecule has 0 nitrogen and oxygen atoms in total. The van der Waals surface area contributed by atoms with Gasteiger partial charge in [-0.2, -0.15) is 0 Å². The van der Waals surface area contributed by atoms with Crippen molar-refractivity contribution in [3.63, 3.8) is 0 Å². The summed E-state index contributed by atoms with van der Waals surface area (Å²) >= 11 is 0. The molecule has 0 heteroatoms. The van der Waals surface area contributed by atoms with Crippen molar-refractivity contribution in [1.29, 1.82) is 0 Å². The summed E-state index contributed by atoms with van der Waals surface area (Å²) in [7, 11) is 0.